The summed E-state index contributed by atoms with van der Waals surface area (Å²) in [6, 6.07) is 2.64. The number of aliphatic hydroxyl groups is 1. The first-order valence-electron chi connectivity index (χ1n) is 7.51. The number of esters is 2. The van der Waals surface area contributed by atoms with Crippen molar-refractivity contribution in [2.75, 3.05) is 13.7 Å². The summed E-state index contributed by atoms with van der Waals surface area (Å²) in [6.07, 6.45) is 1.01. The number of methoxy groups -OCH3 is 1. The van der Waals surface area contributed by atoms with Crippen LogP contribution in [0.5, 0.6) is 11.5 Å². The fourth-order valence-electron chi connectivity index (χ4n) is 3.18. The summed E-state index contributed by atoms with van der Waals surface area (Å²) in [4.78, 5) is 37.1. The Morgan fingerprint density at radius 1 is 1.32 bits per heavy atom. The molecule has 3 rings (SSSR count). The van der Waals surface area contributed by atoms with Gasteiger partial charge in [-0.25, -0.2) is 9.59 Å². The third kappa shape index (κ3) is 2.00. The molecule has 8 nitrogen and oxygen atoms in total. The molecule has 1 heterocycles. The van der Waals surface area contributed by atoms with Crippen molar-refractivity contribution in [3.8, 4) is 11.5 Å². The Balaban J connectivity index is 2.25. The molecule has 0 spiro atoms. The van der Waals surface area contributed by atoms with Crippen molar-refractivity contribution < 1.29 is 38.8 Å². The molecule has 1 aromatic rings. The minimum atomic E-state index is -2.70. The van der Waals surface area contributed by atoms with Crippen molar-refractivity contribution in [3.63, 3.8) is 0 Å². The molecular weight excluding hydrogens is 332 g/mol. The number of hydrogen-bond acceptors (Lipinski definition) is 8. The molecule has 1 aliphatic heterocycles. The highest BCUT2D eigenvalue weighted by Gasteiger charge is 2.69. The Morgan fingerprint density at radius 2 is 2.00 bits per heavy atom. The summed E-state index contributed by atoms with van der Waals surface area (Å²) < 4.78 is 15.1. The molecule has 2 aliphatic rings. The topological polar surface area (TPSA) is 119 Å². The van der Waals surface area contributed by atoms with Gasteiger partial charge in [-0.2, -0.15) is 0 Å². The molecule has 132 valence electrons. The normalized spacial score (nSPS) is 27.1. The average Bonchev–Trinajstić information content (AvgIpc) is 2.76. The Morgan fingerprint density at radius 3 is 2.60 bits per heavy atom. The van der Waals surface area contributed by atoms with Gasteiger partial charge in [-0.15, -0.1) is 0 Å². The van der Waals surface area contributed by atoms with Gasteiger partial charge >= 0.3 is 11.9 Å². The number of phenols is 1. The van der Waals surface area contributed by atoms with Gasteiger partial charge in [-0.1, -0.05) is 0 Å². The third-order valence-electron chi connectivity index (χ3n) is 4.53. The largest absolute Gasteiger partial charge is 0.507 e. The first kappa shape index (κ1) is 17.0. The molecule has 0 saturated heterocycles. The summed E-state index contributed by atoms with van der Waals surface area (Å²) in [5, 5.41) is 20.9. The van der Waals surface area contributed by atoms with Crippen LogP contribution in [0.15, 0.2) is 18.2 Å². The summed E-state index contributed by atoms with van der Waals surface area (Å²) in [5.41, 5.74) is -4.64. The minimum absolute atomic E-state index is 0.0705. The van der Waals surface area contributed by atoms with Gasteiger partial charge in [-0.3, -0.25) is 4.79 Å². The number of fused-ring (bicyclic) bond motifs is 3. The van der Waals surface area contributed by atoms with E-state index in [9.17, 15) is 24.6 Å². The van der Waals surface area contributed by atoms with E-state index in [4.69, 9.17) is 14.2 Å². The zero-order chi connectivity index (χ0) is 18.6. The van der Waals surface area contributed by atoms with Crippen LogP contribution in [-0.4, -0.2) is 52.9 Å². The number of benzene rings is 1. The Hall–Kier alpha value is -2.87. The second-order valence-electron chi connectivity index (χ2n) is 5.84. The molecule has 1 aliphatic carbocycles. The van der Waals surface area contributed by atoms with E-state index < -0.39 is 34.7 Å². The molecule has 0 amide bonds. The van der Waals surface area contributed by atoms with Gasteiger partial charge in [0, 0.05) is 17.2 Å². The number of carbonyl (C=O) groups excluding carboxylic acids is 3. The van der Waals surface area contributed by atoms with Gasteiger partial charge < -0.3 is 24.4 Å². The SMILES string of the molecule is CCOC(=O)[C@]1(O)C(=O)C=C2c3cc(OC)cc(O)c3C(=O)O[C@@]21C. The predicted octanol–water partition coefficient (Wildman–Crippen LogP) is 0.590. The zero-order valence-electron chi connectivity index (χ0n) is 13.8. The zero-order valence-corrected chi connectivity index (χ0v) is 13.8. The number of ether oxygens (including phenoxy) is 3. The Bertz CT molecular complexity index is 839. The van der Waals surface area contributed by atoms with E-state index in [1.807, 2.05) is 0 Å². The van der Waals surface area contributed by atoms with Gasteiger partial charge in [0.05, 0.1) is 13.7 Å². The molecule has 8 heteroatoms. The second-order valence-corrected chi connectivity index (χ2v) is 5.84. The van der Waals surface area contributed by atoms with Crippen molar-refractivity contribution >= 4 is 23.3 Å². The van der Waals surface area contributed by atoms with Crippen LogP contribution in [-0.2, 0) is 19.1 Å². The van der Waals surface area contributed by atoms with Crippen molar-refractivity contribution in [3.05, 3.63) is 29.3 Å². The molecule has 0 unspecified atom stereocenters. The molecule has 0 fully saturated rings. The molecule has 0 saturated carbocycles. The van der Waals surface area contributed by atoms with Crippen LogP contribution in [0.1, 0.15) is 29.8 Å². The summed E-state index contributed by atoms with van der Waals surface area (Å²) in [7, 11) is 1.37. The first-order chi connectivity index (χ1) is 11.7. The van der Waals surface area contributed by atoms with Gasteiger partial charge in [0.1, 0.15) is 17.1 Å². The van der Waals surface area contributed by atoms with Crippen LogP contribution in [0, 0.1) is 0 Å². The fraction of sp³-hybridized carbons (Fsp3) is 0.353. The predicted molar refractivity (Wildman–Crippen MR) is 83.0 cm³/mol. The highest BCUT2D eigenvalue weighted by molar-refractivity contribution is 6.24. The summed E-state index contributed by atoms with van der Waals surface area (Å²) >= 11 is 0. The lowest BCUT2D eigenvalue weighted by atomic mass is 9.77. The monoisotopic (exact) mass is 348 g/mol. The molecule has 2 N–H and O–H groups in total. The number of phenolic OH excluding ortho intramolecular Hbond substituents is 1. The smallest absolute Gasteiger partial charge is 0.351 e. The van der Waals surface area contributed by atoms with E-state index in [1.54, 1.807) is 0 Å². The van der Waals surface area contributed by atoms with Crippen molar-refractivity contribution in [2.45, 2.75) is 25.0 Å². The van der Waals surface area contributed by atoms with Crippen LogP contribution >= 0.6 is 0 Å². The average molecular weight is 348 g/mol. The van der Waals surface area contributed by atoms with Crippen LogP contribution in [0.2, 0.25) is 0 Å². The number of ketones is 1. The first-order valence-corrected chi connectivity index (χ1v) is 7.51. The number of carbonyl (C=O) groups is 3. The standard InChI is InChI=1S/C17H16O8/c1-4-24-15(21)17(22)12(19)7-10-9-5-8(23-3)6-11(18)13(9)14(20)25-16(10,17)2/h5-7,18,22H,4H2,1-3H3/t16-,17+/m0/s1. The molecule has 25 heavy (non-hydrogen) atoms. The number of hydrogen-bond donors (Lipinski definition) is 2. The lowest BCUT2D eigenvalue weighted by molar-refractivity contribution is -0.184. The maximum atomic E-state index is 12.4. The molecule has 0 aromatic heterocycles. The minimum Gasteiger partial charge on any atom is -0.507 e. The highest BCUT2D eigenvalue weighted by Crippen LogP contribution is 2.52. The Labute approximate surface area is 142 Å². The molecule has 1 aromatic carbocycles. The van der Waals surface area contributed by atoms with E-state index >= 15 is 0 Å². The molecule has 0 bridgehead atoms. The maximum Gasteiger partial charge on any atom is 0.351 e. The van der Waals surface area contributed by atoms with Crippen molar-refractivity contribution in [2.24, 2.45) is 0 Å². The number of rotatable bonds is 3. The fourth-order valence-corrected chi connectivity index (χ4v) is 3.18. The van der Waals surface area contributed by atoms with E-state index in [0.717, 1.165) is 6.08 Å². The quantitative estimate of drug-likeness (QED) is 0.602. The van der Waals surface area contributed by atoms with E-state index in [2.05, 4.69) is 0 Å². The molecule has 0 radical (unpaired) electrons. The molecular formula is C17H16O8. The maximum absolute atomic E-state index is 12.4. The van der Waals surface area contributed by atoms with E-state index in [1.165, 1.54) is 33.1 Å². The summed E-state index contributed by atoms with van der Waals surface area (Å²) in [5.74, 6) is -3.33. The van der Waals surface area contributed by atoms with Crippen molar-refractivity contribution in [1.29, 1.82) is 0 Å². The van der Waals surface area contributed by atoms with Gasteiger partial charge in [0.15, 0.2) is 5.60 Å². The molecule has 2 atom stereocenters. The van der Waals surface area contributed by atoms with Gasteiger partial charge in [-0.05, 0) is 26.0 Å². The number of aromatic hydroxyl groups is 1. The van der Waals surface area contributed by atoms with E-state index in [0.29, 0.717) is 0 Å². The lowest BCUT2D eigenvalue weighted by Gasteiger charge is -2.40. The van der Waals surface area contributed by atoms with Crippen LogP contribution in [0.4, 0.5) is 0 Å². The van der Waals surface area contributed by atoms with Crippen LogP contribution in [0.3, 0.4) is 0 Å². The van der Waals surface area contributed by atoms with E-state index in [-0.39, 0.29) is 29.1 Å². The van der Waals surface area contributed by atoms with Crippen LogP contribution < -0.4 is 4.74 Å². The van der Waals surface area contributed by atoms with Gasteiger partial charge in [0.25, 0.3) is 5.60 Å². The summed E-state index contributed by atoms with van der Waals surface area (Å²) in [6.45, 7) is 2.69. The highest BCUT2D eigenvalue weighted by atomic mass is 16.6. The third-order valence-corrected chi connectivity index (χ3v) is 4.53. The van der Waals surface area contributed by atoms with Crippen LogP contribution in [0.25, 0.3) is 5.57 Å². The van der Waals surface area contributed by atoms with Gasteiger partial charge in [0.2, 0.25) is 5.78 Å². The lowest BCUT2D eigenvalue weighted by Crippen LogP contribution is -2.62. The van der Waals surface area contributed by atoms with Crippen molar-refractivity contribution in [1.82, 2.24) is 0 Å². The second kappa shape index (κ2) is 5.32. The Kier molecular flexibility index (Phi) is 3.61.